The third kappa shape index (κ3) is 31.5. The van der Waals surface area contributed by atoms with Crippen molar-refractivity contribution in [1.29, 1.82) is 0 Å². The Morgan fingerprint density at radius 3 is 0.829 bits per heavy atom. The number of rotatable bonds is 46. The number of amides is 12. The summed E-state index contributed by atoms with van der Waals surface area (Å²) in [6.45, 7) is 23.7. The van der Waals surface area contributed by atoms with Crippen LogP contribution in [0.15, 0.2) is 158 Å². The maximum atomic E-state index is 14.6. The second-order valence-electron chi connectivity index (χ2n) is 37.2. The van der Waals surface area contributed by atoms with Crippen molar-refractivity contribution in [2.24, 2.45) is 35.5 Å². The van der Waals surface area contributed by atoms with E-state index in [4.69, 9.17) is 0 Å². The predicted molar refractivity (Wildman–Crippen MR) is 514 cm³/mol. The van der Waals surface area contributed by atoms with Crippen LogP contribution in [0.25, 0.3) is 21.8 Å². The second kappa shape index (κ2) is 54.6. The van der Waals surface area contributed by atoms with Gasteiger partial charge in [-0.15, -0.1) is 0 Å². The average molecular weight is 1940 g/mol. The Labute approximate surface area is 860 Å². The molecule has 36 heteroatoms. The summed E-state index contributed by atoms with van der Waals surface area (Å²) in [5, 5.41) is 78.2. The summed E-state index contributed by atoms with van der Waals surface area (Å²) in [5.74, 6) is -19.0. The Morgan fingerprint density at radius 2 is 0.564 bits per heavy atom. The maximum absolute atomic E-state index is 14.6. The zero-order valence-corrected chi connectivity index (χ0v) is 86.7. The van der Waals surface area contributed by atoms with Gasteiger partial charge < -0.3 is 104 Å². The number of hydrogen-bond acceptors (Lipinski definition) is 18. The van der Waals surface area contributed by atoms with Gasteiger partial charge in [-0.25, -0.2) is 0 Å². The van der Waals surface area contributed by atoms with Crippen LogP contribution in [0.3, 0.4) is 0 Å². The molecular formula is C104H132N14Na2O20. The van der Waals surface area contributed by atoms with Crippen LogP contribution in [0.4, 0.5) is 0 Å². The number of para-hydroxylation sites is 2. The number of carboxylic acid groups (broad SMARTS) is 4. The molecule has 140 heavy (non-hydrogen) atoms. The van der Waals surface area contributed by atoms with Crippen LogP contribution in [0.1, 0.15) is 216 Å². The van der Waals surface area contributed by atoms with Gasteiger partial charge in [-0.3, -0.25) is 67.1 Å². The molecule has 10 rings (SSSR count). The van der Waals surface area contributed by atoms with Crippen LogP contribution in [0.5, 0.6) is 0 Å². The first-order chi connectivity index (χ1) is 65.6. The van der Waals surface area contributed by atoms with E-state index in [-0.39, 0.29) is 96.6 Å². The summed E-state index contributed by atoms with van der Waals surface area (Å²) < 4.78 is 0. The summed E-state index contributed by atoms with van der Waals surface area (Å²) in [5.41, 5.74) is 10.2. The van der Waals surface area contributed by atoms with Gasteiger partial charge in [-0.05, 0) is 142 Å². The Balaban J connectivity index is 0.000000375. The first-order valence-electron chi connectivity index (χ1n) is 47.5. The van der Waals surface area contributed by atoms with Gasteiger partial charge in [0.15, 0.2) is 0 Å². The van der Waals surface area contributed by atoms with Gasteiger partial charge in [0.25, 0.3) is 0 Å². The molecule has 16 atom stereocenters. The molecule has 2 aliphatic rings. The predicted octanol–water partition coefficient (Wildman–Crippen LogP) is -0.127. The minimum absolute atomic E-state index is 0. The molecule has 740 valence electrons. The number of nitrogens with one attached hydrogen (secondary N) is 14. The van der Waals surface area contributed by atoms with E-state index in [0.29, 0.717) is 62.5 Å². The van der Waals surface area contributed by atoms with Crippen molar-refractivity contribution in [2.75, 3.05) is 0 Å². The van der Waals surface area contributed by atoms with E-state index < -0.39 is 216 Å². The quantitative estimate of drug-likeness (QED) is 0.0221. The first-order valence-corrected chi connectivity index (χ1v) is 47.5. The molecule has 6 aromatic carbocycles. The van der Waals surface area contributed by atoms with Crippen LogP contribution in [0, 0.1) is 35.5 Å². The normalized spacial score (nSPS) is 15.6. The average Bonchev–Trinajstić information content (AvgIpc) is 1.55. The second-order valence-corrected chi connectivity index (χ2v) is 37.2. The SMILES string of the molecule is CC[C@H](C)[C@H](NC(=O)[C@H](CC(=O)O)NC(=O)[C@H](CC(C)C)NC(=O)[C@H](NC(C)=O)C1c2ccccc2CCc2ccccc21)C(=O)N[C@H](C(=O)N[C@@H](Cc1c[nH]c2ccccc12)C(=O)[O-])[C@@H](C)CC.CC[C@H](C)[C@H](NC(=O)[C@H](CC(=O)O)NC(=O)[C@H](CC(C)C)NC(=O)[C@H](NC(C)=O)C1c2ccccc2CCc2ccccc21)C(=O)N[C@H](C(=O)N[C@@H](Cc1c[nH]c2ccccc12)C(=O)[O-])[C@@H](C)CC.[Na+].[Na+]. The molecule has 0 fully saturated rings. The molecule has 8 aromatic rings. The summed E-state index contributed by atoms with van der Waals surface area (Å²) in [7, 11) is 0. The van der Waals surface area contributed by atoms with Gasteiger partial charge in [-0.2, -0.15) is 0 Å². The molecule has 2 aromatic heterocycles. The number of aryl methyl sites for hydroxylation is 4. The molecule has 2 heterocycles. The molecule has 0 saturated carbocycles. The van der Waals surface area contributed by atoms with Gasteiger partial charge >= 0.3 is 71.1 Å². The van der Waals surface area contributed by atoms with E-state index in [1.165, 1.54) is 13.8 Å². The molecule has 0 bridgehead atoms. The monoisotopic (exact) mass is 1940 g/mol. The number of aromatic nitrogens is 2. The Morgan fingerprint density at radius 1 is 0.321 bits per heavy atom. The number of carbonyl (C=O) groups is 16. The van der Waals surface area contributed by atoms with Crippen molar-refractivity contribution >= 4 is 117 Å². The third-order valence-corrected chi connectivity index (χ3v) is 26.1. The largest absolute Gasteiger partial charge is 1.00 e. The first kappa shape index (κ1) is 115. The van der Waals surface area contributed by atoms with Crippen LogP contribution >= 0.6 is 0 Å². The smallest absolute Gasteiger partial charge is 0.548 e. The topological polar surface area (TPSA) is 536 Å². The Hall–Kier alpha value is -12.1. The molecule has 34 nitrogen and oxygen atoms in total. The molecule has 12 amide bonds. The van der Waals surface area contributed by atoms with Crippen molar-refractivity contribution in [3.63, 3.8) is 0 Å². The van der Waals surface area contributed by atoms with E-state index in [9.17, 15) is 97.1 Å². The van der Waals surface area contributed by atoms with Crippen molar-refractivity contribution in [2.45, 2.75) is 271 Å². The van der Waals surface area contributed by atoms with Gasteiger partial charge in [0.2, 0.25) is 70.9 Å². The minimum Gasteiger partial charge on any atom is -0.548 e. The summed E-state index contributed by atoms with van der Waals surface area (Å²) in [4.78, 5) is 223. The van der Waals surface area contributed by atoms with Gasteiger partial charge in [-0.1, -0.05) is 242 Å². The minimum atomic E-state index is -1.73. The Kier molecular flexibility index (Phi) is 44.8. The zero-order chi connectivity index (χ0) is 101. The van der Waals surface area contributed by atoms with Crippen molar-refractivity contribution in [3.05, 3.63) is 214 Å². The maximum Gasteiger partial charge on any atom is 1.00 e. The number of aliphatic carboxylic acids is 4. The summed E-state index contributed by atoms with van der Waals surface area (Å²) >= 11 is 0. The third-order valence-electron chi connectivity index (χ3n) is 26.1. The number of H-pyrrole nitrogens is 2. The number of aromatic amines is 2. The van der Waals surface area contributed by atoms with E-state index in [1.54, 1.807) is 79.9 Å². The van der Waals surface area contributed by atoms with Gasteiger partial charge in [0.05, 0.1) is 36.9 Å². The van der Waals surface area contributed by atoms with Crippen molar-refractivity contribution in [1.82, 2.24) is 73.8 Å². The van der Waals surface area contributed by atoms with Crippen LogP contribution in [0.2, 0.25) is 0 Å². The van der Waals surface area contributed by atoms with Crippen LogP contribution in [-0.2, 0) is 115 Å². The Bertz CT molecular complexity index is 5270. The molecule has 2 aliphatic carbocycles. The molecule has 0 aliphatic heterocycles. The van der Waals surface area contributed by atoms with E-state index >= 15 is 0 Å². The fourth-order valence-corrected chi connectivity index (χ4v) is 17.9. The number of carbonyl (C=O) groups excluding carboxylic acids is 14. The van der Waals surface area contributed by atoms with Crippen LogP contribution < -0.4 is 133 Å². The molecule has 0 saturated heterocycles. The number of fused-ring (bicyclic) bond motifs is 6. The molecule has 0 spiro atoms. The molecule has 0 radical (unpaired) electrons. The molecule has 0 unspecified atom stereocenters. The summed E-state index contributed by atoms with van der Waals surface area (Å²) in [6, 6.07) is 28.8. The standard InChI is InChI=1S/2C52H67N7O10.2Na/c2*1-8-29(5)44(49(65)57-41(52(68)69)25-34-27-53-38-21-15-14-18-35(34)38)59-50(66)45(30(6)9-2)58-48(64)40(26-42(61)62)55-47(63)39(24-28(3)4)56-51(67)46(54-31(7)60)43-36-19-12-10-16-32(36)22-23-33-17-11-13-20-37(33)43;;/h2*10-21,27-30,39-41,43-46,53H,8-9,22-26H2,1-7H3,(H,54,60)(H,55,63)(H,56,67)(H,57,65)(H,58,64)(H,59,66)(H,61,62)(H,68,69);;/q;;2*+1/p-2/t2*29-,30-,39-,40-,41-,44-,45-,46+;;/m00../s1. The molecule has 16 N–H and O–H groups in total. The van der Waals surface area contributed by atoms with Crippen LogP contribution in [-0.4, -0.2) is 187 Å². The number of hydrogen-bond donors (Lipinski definition) is 16. The fraction of sp³-hybridized carbons (Fsp3) is 0.462. The van der Waals surface area contributed by atoms with Crippen molar-refractivity contribution in [3.8, 4) is 0 Å². The summed E-state index contributed by atoms with van der Waals surface area (Å²) in [6.07, 6.45) is 5.75. The van der Waals surface area contributed by atoms with Crippen molar-refractivity contribution < 1.29 is 156 Å². The van der Waals surface area contributed by atoms with E-state index in [2.05, 4.69) is 73.8 Å². The van der Waals surface area contributed by atoms with E-state index in [1.807, 2.05) is 161 Å². The zero-order valence-electron chi connectivity index (χ0n) is 82.7. The fourth-order valence-electron chi connectivity index (χ4n) is 17.9. The van der Waals surface area contributed by atoms with E-state index in [0.717, 1.165) is 66.3 Å². The molecular weight excluding hydrogens is 1810 g/mol. The van der Waals surface area contributed by atoms with Gasteiger partial charge in [0.1, 0.15) is 60.4 Å². The van der Waals surface area contributed by atoms with Gasteiger partial charge in [0, 0.05) is 72.7 Å². The number of benzene rings is 6. The number of carboxylic acids is 4.